The predicted octanol–water partition coefficient (Wildman–Crippen LogP) is 8.47. The molecule has 0 spiro atoms. The van der Waals surface area contributed by atoms with Gasteiger partial charge in [-0.2, -0.15) is 0 Å². The highest BCUT2D eigenvalue weighted by Crippen LogP contribution is 2.14. The number of ether oxygens (including phenoxy) is 2. The number of rotatable bonds is 30. The number of hydrogen-bond donors (Lipinski definition) is 3. The SMILES string of the molecule is CC/C=C\C/C=C\C/C=C\C/C=C\C[C@H](O)[C@@H](O)CCCC(=O)OC[C@H](O)COC(=O)CCCCCCCCCCCC(C)C. The van der Waals surface area contributed by atoms with Crippen LogP contribution < -0.4 is 0 Å². The Bertz CT molecular complexity index is 815. The maximum atomic E-state index is 12.0. The summed E-state index contributed by atoms with van der Waals surface area (Å²) in [5, 5.41) is 30.3. The summed E-state index contributed by atoms with van der Waals surface area (Å²) >= 11 is 0. The van der Waals surface area contributed by atoms with Gasteiger partial charge in [-0.15, -0.1) is 0 Å². The number of aliphatic hydroxyl groups is 3. The van der Waals surface area contributed by atoms with Gasteiger partial charge < -0.3 is 24.8 Å². The van der Waals surface area contributed by atoms with Crippen LogP contribution in [0.4, 0.5) is 0 Å². The van der Waals surface area contributed by atoms with Crippen molar-refractivity contribution >= 4 is 11.9 Å². The first-order chi connectivity index (χ1) is 21.8. The Balaban J connectivity index is 3.74. The van der Waals surface area contributed by atoms with E-state index in [4.69, 9.17) is 9.47 Å². The van der Waals surface area contributed by atoms with Crippen LogP contribution in [0.1, 0.15) is 143 Å². The van der Waals surface area contributed by atoms with Crippen LogP contribution >= 0.6 is 0 Å². The molecule has 260 valence electrons. The van der Waals surface area contributed by atoms with Crippen molar-refractivity contribution in [3.05, 3.63) is 48.6 Å². The van der Waals surface area contributed by atoms with Crippen LogP contribution in [0.3, 0.4) is 0 Å². The van der Waals surface area contributed by atoms with E-state index >= 15 is 0 Å². The first-order valence-corrected chi connectivity index (χ1v) is 17.7. The van der Waals surface area contributed by atoms with E-state index in [0.29, 0.717) is 19.3 Å². The van der Waals surface area contributed by atoms with Crippen molar-refractivity contribution in [3.63, 3.8) is 0 Å². The van der Waals surface area contributed by atoms with Gasteiger partial charge in [-0.3, -0.25) is 9.59 Å². The number of aliphatic hydroxyl groups excluding tert-OH is 3. The van der Waals surface area contributed by atoms with E-state index in [-0.39, 0.29) is 32.0 Å². The van der Waals surface area contributed by atoms with Gasteiger partial charge in [0.25, 0.3) is 0 Å². The third-order valence-electron chi connectivity index (χ3n) is 7.46. The van der Waals surface area contributed by atoms with E-state index in [1.807, 2.05) is 12.2 Å². The van der Waals surface area contributed by atoms with Crippen molar-refractivity contribution in [1.82, 2.24) is 0 Å². The molecule has 45 heavy (non-hydrogen) atoms. The van der Waals surface area contributed by atoms with Gasteiger partial charge in [0.05, 0.1) is 12.2 Å². The smallest absolute Gasteiger partial charge is 0.305 e. The van der Waals surface area contributed by atoms with Gasteiger partial charge in [0.2, 0.25) is 0 Å². The summed E-state index contributed by atoms with van der Waals surface area (Å²) in [4.78, 5) is 23.9. The van der Waals surface area contributed by atoms with E-state index in [0.717, 1.165) is 50.9 Å². The summed E-state index contributed by atoms with van der Waals surface area (Å²) in [6.07, 6.45) is 30.7. The molecule has 0 aliphatic carbocycles. The molecule has 0 unspecified atom stereocenters. The van der Waals surface area contributed by atoms with Crippen LogP contribution in [0.2, 0.25) is 0 Å². The molecular formula is C38H66O7. The molecule has 0 rings (SSSR count). The molecule has 0 saturated carbocycles. The van der Waals surface area contributed by atoms with Crippen molar-refractivity contribution in [2.24, 2.45) is 5.92 Å². The molecule has 0 bridgehead atoms. The number of hydrogen-bond acceptors (Lipinski definition) is 7. The van der Waals surface area contributed by atoms with Crippen molar-refractivity contribution in [2.75, 3.05) is 13.2 Å². The molecular weight excluding hydrogens is 568 g/mol. The van der Waals surface area contributed by atoms with E-state index in [2.05, 4.69) is 57.2 Å². The number of carbonyl (C=O) groups excluding carboxylic acids is 2. The second-order valence-corrected chi connectivity index (χ2v) is 12.4. The lowest BCUT2D eigenvalue weighted by Crippen LogP contribution is -2.26. The predicted molar refractivity (Wildman–Crippen MR) is 185 cm³/mol. The molecule has 0 aromatic rings. The van der Waals surface area contributed by atoms with Crippen molar-refractivity contribution in [2.45, 2.75) is 161 Å². The maximum absolute atomic E-state index is 12.0. The maximum Gasteiger partial charge on any atom is 0.305 e. The zero-order valence-electron chi connectivity index (χ0n) is 28.8. The van der Waals surface area contributed by atoms with Gasteiger partial charge in [-0.1, -0.05) is 127 Å². The molecule has 3 N–H and O–H groups in total. The number of unbranched alkanes of at least 4 members (excludes halogenated alkanes) is 8. The Labute approximate surface area is 274 Å². The van der Waals surface area contributed by atoms with E-state index in [1.54, 1.807) is 0 Å². The Morgan fingerprint density at radius 2 is 1.00 bits per heavy atom. The average Bonchev–Trinajstić information content (AvgIpc) is 3.01. The normalized spacial score (nSPS) is 14.3. The van der Waals surface area contributed by atoms with E-state index in [9.17, 15) is 24.9 Å². The molecule has 0 heterocycles. The summed E-state index contributed by atoms with van der Waals surface area (Å²) in [7, 11) is 0. The van der Waals surface area contributed by atoms with E-state index in [1.165, 1.54) is 44.9 Å². The van der Waals surface area contributed by atoms with Crippen molar-refractivity contribution < 1.29 is 34.4 Å². The van der Waals surface area contributed by atoms with Crippen LogP contribution in [0.15, 0.2) is 48.6 Å². The number of allylic oxidation sites excluding steroid dienone is 7. The molecule has 7 heteroatoms. The highest BCUT2D eigenvalue weighted by atomic mass is 16.6. The minimum absolute atomic E-state index is 0.0679. The largest absolute Gasteiger partial charge is 0.463 e. The molecule has 7 nitrogen and oxygen atoms in total. The lowest BCUT2D eigenvalue weighted by Gasteiger charge is -2.16. The highest BCUT2D eigenvalue weighted by molar-refractivity contribution is 5.69. The van der Waals surface area contributed by atoms with Gasteiger partial charge in [0.1, 0.15) is 19.3 Å². The summed E-state index contributed by atoms with van der Waals surface area (Å²) < 4.78 is 10.2. The molecule has 0 fully saturated rings. The molecule has 0 radical (unpaired) electrons. The standard InChI is InChI=1S/C38H66O7/c1-4-5-6-7-8-9-10-11-14-17-20-23-27-35(40)36(41)28-25-30-38(43)45-32-34(39)31-44-37(42)29-24-21-18-15-12-13-16-19-22-26-33(2)3/h5-6,8-9,11,14,20,23,33-36,39-41H,4,7,10,12-13,15-19,21-22,24-32H2,1-3H3/b6-5-,9-8-,14-11-,23-20-/t34-,35+,36+/m1/s1. The number of esters is 2. The molecule has 0 amide bonds. The van der Waals surface area contributed by atoms with Crippen LogP contribution in [0, 0.1) is 5.92 Å². The summed E-state index contributed by atoms with van der Waals surface area (Å²) in [6.45, 7) is 6.22. The Morgan fingerprint density at radius 1 is 0.556 bits per heavy atom. The van der Waals surface area contributed by atoms with E-state index < -0.39 is 24.3 Å². The lowest BCUT2D eigenvalue weighted by molar-refractivity contribution is -0.152. The quantitative estimate of drug-likeness (QED) is 0.0413. The minimum atomic E-state index is -1.07. The Morgan fingerprint density at radius 3 is 1.51 bits per heavy atom. The summed E-state index contributed by atoms with van der Waals surface area (Å²) in [6, 6.07) is 0. The minimum Gasteiger partial charge on any atom is -0.463 e. The van der Waals surface area contributed by atoms with Gasteiger partial charge in [0, 0.05) is 12.8 Å². The fraction of sp³-hybridized carbons (Fsp3) is 0.737. The third-order valence-corrected chi connectivity index (χ3v) is 7.46. The zero-order chi connectivity index (χ0) is 33.4. The van der Waals surface area contributed by atoms with Gasteiger partial charge >= 0.3 is 11.9 Å². The van der Waals surface area contributed by atoms with Gasteiger partial charge in [-0.25, -0.2) is 0 Å². The highest BCUT2D eigenvalue weighted by Gasteiger charge is 2.16. The molecule has 0 aliphatic rings. The monoisotopic (exact) mass is 634 g/mol. The topological polar surface area (TPSA) is 113 Å². The Hall–Kier alpha value is -2.22. The molecule has 0 aromatic heterocycles. The zero-order valence-corrected chi connectivity index (χ0v) is 28.8. The second-order valence-electron chi connectivity index (χ2n) is 12.4. The molecule has 0 aliphatic heterocycles. The van der Waals surface area contributed by atoms with Crippen LogP contribution in [-0.2, 0) is 19.1 Å². The number of carbonyl (C=O) groups is 2. The van der Waals surface area contributed by atoms with Gasteiger partial charge in [-0.05, 0) is 57.3 Å². The molecule has 0 aromatic carbocycles. The van der Waals surface area contributed by atoms with Gasteiger partial charge in [0.15, 0.2) is 0 Å². The lowest BCUT2D eigenvalue weighted by atomic mass is 10.0. The first kappa shape index (κ1) is 42.8. The van der Waals surface area contributed by atoms with Crippen molar-refractivity contribution in [1.29, 1.82) is 0 Å². The van der Waals surface area contributed by atoms with Crippen LogP contribution in [-0.4, -0.2) is 58.8 Å². The molecule has 0 saturated heterocycles. The fourth-order valence-electron chi connectivity index (χ4n) is 4.65. The summed E-state index contributed by atoms with van der Waals surface area (Å²) in [5.41, 5.74) is 0. The second kappa shape index (κ2) is 31.7. The third kappa shape index (κ3) is 31.5. The van der Waals surface area contributed by atoms with Crippen molar-refractivity contribution in [3.8, 4) is 0 Å². The first-order valence-electron chi connectivity index (χ1n) is 17.7. The average molecular weight is 635 g/mol. The fourth-order valence-corrected chi connectivity index (χ4v) is 4.65. The summed E-state index contributed by atoms with van der Waals surface area (Å²) in [5.74, 6) is -0.0465. The van der Waals surface area contributed by atoms with Crippen LogP contribution in [0.5, 0.6) is 0 Å². The Kier molecular flexibility index (Phi) is 30.2. The van der Waals surface area contributed by atoms with Crippen LogP contribution in [0.25, 0.3) is 0 Å². The molecule has 3 atom stereocenters.